The summed E-state index contributed by atoms with van der Waals surface area (Å²) in [4.78, 5) is 15.2. The fourth-order valence-corrected chi connectivity index (χ4v) is 2.51. The molecule has 6 nitrogen and oxygen atoms in total. The van der Waals surface area contributed by atoms with E-state index in [0.717, 1.165) is 51.3 Å². The normalized spacial score (nSPS) is 17.0. The first-order valence-electron chi connectivity index (χ1n) is 7.50. The largest absolute Gasteiger partial charge is 0.313 e. The Balaban J connectivity index is 1.61. The topological polar surface area (TPSA) is 61.6 Å². The number of hydrogen-bond acceptors (Lipinski definition) is 5. The molecular weight excluding hydrogens is 268 g/mol. The van der Waals surface area contributed by atoms with Crippen LogP contribution in [0.4, 0.5) is 5.69 Å². The van der Waals surface area contributed by atoms with Gasteiger partial charge >= 0.3 is 0 Å². The fourth-order valence-electron chi connectivity index (χ4n) is 2.51. The summed E-state index contributed by atoms with van der Waals surface area (Å²) in [5.41, 5.74) is 1.12. The minimum absolute atomic E-state index is 0.159. The van der Waals surface area contributed by atoms with Crippen LogP contribution >= 0.6 is 0 Å². The average Bonchev–Trinajstić information content (AvgIpc) is 2.49. The quantitative estimate of drug-likeness (QED) is 0.466. The average molecular weight is 292 g/mol. The van der Waals surface area contributed by atoms with Crippen molar-refractivity contribution in [3.8, 4) is 0 Å². The molecule has 1 fully saturated rings. The van der Waals surface area contributed by atoms with Crippen molar-refractivity contribution in [3.05, 3.63) is 39.9 Å². The molecule has 0 aliphatic carbocycles. The molecule has 0 radical (unpaired) electrons. The molecule has 0 unspecified atom stereocenters. The lowest BCUT2D eigenvalue weighted by Gasteiger charge is -2.32. The Morgan fingerprint density at radius 3 is 2.76 bits per heavy atom. The molecule has 1 heterocycles. The van der Waals surface area contributed by atoms with Crippen LogP contribution < -0.4 is 5.32 Å². The molecule has 116 valence electrons. The van der Waals surface area contributed by atoms with Crippen molar-refractivity contribution >= 4 is 5.69 Å². The number of nitro benzene ring substituents is 1. The van der Waals surface area contributed by atoms with Gasteiger partial charge in [-0.2, -0.15) is 0 Å². The van der Waals surface area contributed by atoms with Gasteiger partial charge in [0, 0.05) is 44.9 Å². The highest BCUT2D eigenvalue weighted by molar-refractivity contribution is 5.34. The van der Waals surface area contributed by atoms with Crippen LogP contribution in [0.2, 0.25) is 0 Å². The Labute approximate surface area is 125 Å². The van der Waals surface area contributed by atoms with Crippen LogP contribution in [0, 0.1) is 10.1 Å². The highest BCUT2D eigenvalue weighted by Crippen LogP contribution is 2.12. The first kappa shape index (κ1) is 15.9. The van der Waals surface area contributed by atoms with Crippen molar-refractivity contribution in [3.63, 3.8) is 0 Å². The zero-order valence-electron chi connectivity index (χ0n) is 12.6. The zero-order valence-corrected chi connectivity index (χ0v) is 12.6. The van der Waals surface area contributed by atoms with Crippen LogP contribution in [0.1, 0.15) is 12.0 Å². The second-order valence-corrected chi connectivity index (χ2v) is 5.60. The fraction of sp³-hybridized carbons (Fsp3) is 0.600. The molecule has 1 aliphatic heterocycles. The van der Waals surface area contributed by atoms with Crippen molar-refractivity contribution in [2.45, 2.75) is 13.0 Å². The van der Waals surface area contributed by atoms with Crippen molar-refractivity contribution in [2.24, 2.45) is 0 Å². The molecule has 0 aromatic heterocycles. The van der Waals surface area contributed by atoms with E-state index in [4.69, 9.17) is 0 Å². The van der Waals surface area contributed by atoms with Crippen LogP contribution in [0.3, 0.4) is 0 Å². The zero-order chi connectivity index (χ0) is 15.1. The van der Waals surface area contributed by atoms with Crippen molar-refractivity contribution in [2.75, 3.05) is 46.3 Å². The Bertz CT molecular complexity index is 459. The van der Waals surface area contributed by atoms with Crippen LogP contribution in [0.25, 0.3) is 0 Å². The van der Waals surface area contributed by atoms with Crippen molar-refractivity contribution < 1.29 is 4.92 Å². The molecule has 1 N–H and O–H groups in total. The van der Waals surface area contributed by atoms with Crippen LogP contribution in [-0.2, 0) is 6.54 Å². The third kappa shape index (κ3) is 5.41. The maximum atomic E-state index is 10.7. The summed E-state index contributed by atoms with van der Waals surface area (Å²) in [6.45, 7) is 7.36. The van der Waals surface area contributed by atoms with E-state index in [9.17, 15) is 10.1 Å². The summed E-state index contributed by atoms with van der Waals surface area (Å²) in [7, 11) is 2.16. The summed E-state index contributed by atoms with van der Waals surface area (Å²) in [5, 5.41) is 14.1. The monoisotopic (exact) mass is 292 g/mol. The van der Waals surface area contributed by atoms with Crippen LogP contribution in [0.15, 0.2) is 24.3 Å². The van der Waals surface area contributed by atoms with Gasteiger partial charge in [-0.05, 0) is 32.1 Å². The Morgan fingerprint density at radius 2 is 2.05 bits per heavy atom. The molecule has 1 aliphatic rings. The van der Waals surface area contributed by atoms with Gasteiger partial charge in [0.05, 0.1) is 4.92 Å². The van der Waals surface area contributed by atoms with E-state index in [2.05, 4.69) is 22.2 Å². The van der Waals surface area contributed by atoms with Gasteiger partial charge in [-0.3, -0.25) is 10.1 Å². The molecule has 2 rings (SSSR count). The predicted molar refractivity (Wildman–Crippen MR) is 83.4 cm³/mol. The van der Waals surface area contributed by atoms with E-state index in [1.807, 2.05) is 6.07 Å². The summed E-state index contributed by atoms with van der Waals surface area (Å²) in [6.07, 6.45) is 1.11. The Hall–Kier alpha value is -1.50. The molecule has 1 saturated heterocycles. The number of hydrogen-bond donors (Lipinski definition) is 1. The van der Waals surface area contributed by atoms with Gasteiger partial charge in [-0.1, -0.05) is 12.1 Å². The number of nitrogens with zero attached hydrogens (tertiary/aromatic N) is 3. The number of piperazine rings is 1. The molecule has 0 bridgehead atoms. The molecule has 0 amide bonds. The van der Waals surface area contributed by atoms with Crippen LogP contribution in [0.5, 0.6) is 0 Å². The second-order valence-electron chi connectivity index (χ2n) is 5.60. The molecule has 0 saturated carbocycles. The van der Waals surface area contributed by atoms with Gasteiger partial charge in [-0.15, -0.1) is 0 Å². The lowest BCUT2D eigenvalue weighted by molar-refractivity contribution is -0.384. The van der Waals surface area contributed by atoms with Gasteiger partial charge in [0.2, 0.25) is 0 Å². The number of non-ortho nitro benzene ring substituents is 1. The predicted octanol–water partition coefficient (Wildman–Crippen LogP) is 1.32. The molecule has 0 atom stereocenters. The molecular formula is C15H24N4O2. The van der Waals surface area contributed by atoms with E-state index in [1.54, 1.807) is 12.1 Å². The number of benzene rings is 1. The van der Waals surface area contributed by atoms with E-state index in [-0.39, 0.29) is 10.6 Å². The molecule has 0 spiro atoms. The minimum Gasteiger partial charge on any atom is -0.313 e. The number of nitro groups is 1. The van der Waals surface area contributed by atoms with Gasteiger partial charge in [0.25, 0.3) is 5.69 Å². The number of likely N-dealkylation sites (N-methyl/N-ethyl adjacent to an activating group) is 1. The van der Waals surface area contributed by atoms with Crippen molar-refractivity contribution in [1.29, 1.82) is 0 Å². The summed E-state index contributed by atoms with van der Waals surface area (Å²) < 4.78 is 0. The molecule has 6 heteroatoms. The lowest BCUT2D eigenvalue weighted by Crippen LogP contribution is -2.45. The van der Waals surface area contributed by atoms with Crippen LogP contribution in [-0.4, -0.2) is 61.0 Å². The first-order valence-corrected chi connectivity index (χ1v) is 7.50. The smallest absolute Gasteiger partial charge is 0.269 e. The summed E-state index contributed by atoms with van der Waals surface area (Å²) in [6, 6.07) is 6.81. The van der Waals surface area contributed by atoms with Gasteiger partial charge in [-0.25, -0.2) is 0 Å². The Morgan fingerprint density at radius 1 is 1.29 bits per heavy atom. The minimum atomic E-state index is -0.350. The Kier molecular flexibility index (Phi) is 6.10. The number of nitrogens with one attached hydrogen (secondary N) is 1. The first-order chi connectivity index (χ1) is 10.1. The third-order valence-corrected chi connectivity index (χ3v) is 3.87. The van der Waals surface area contributed by atoms with E-state index in [1.165, 1.54) is 6.07 Å². The van der Waals surface area contributed by atoms with E-state index >= 15 is 0 Å². The van der Waals surface area contributed by atoms with E-state index < -0.39 is 0 Å². The molecule has 1 aromatic carbocycles. The summed E-state index contributed by atoms with van der Waals surface area (Å²) in [5.74, 6) is 0. The standard InChI is InChI=1S/C15H24N4O2/c1-17-8-10-18(11-9-17)7-3-6-16-13-14-4-2-5-15(12-14)19(20)21/h2,4-5,12,16H,3,6-11,13H2,1H3. The third-order valence-electron chi connectivity index (χ3n) is 3.87. The second kappa shape index (κ2) is 8.07. The highest BCUT2D eigenvalue weighted by atomic mass is 16.6. The molecule has 1 aromatic rings. The highest BCUT2D eigenvalue weighted by Gasteiger charge is 2.12. The van der Waals surface area contributed by atoms with Gasteiger partial charge in [0.15, 0.2) is 0 Å². The molecule has 21 heavy (non-hydrogen) atoms. The van der Waals surface area contributed by atoms with E-state index in [0.29, 0.717) is 6.54 Å². The van der Waals surface area contributed by atoms with Gasteiger partial charge in [0.1, 0.15) is 0 Å². The van der Waals surface area contributed by atoms with Gasteiger partial charge < -0.3 is 15.1 Å². The summed E-state index contributed by atoms with van der Waals surface area (Å²) >= 11 is 0. The maximum Gasteiger partial charge on any atom is 0.269 e. The lowest BCUT2D eigenvalue weighted by atomic mass is 10.2. The SMILES string of the molecule is CN1CCN(CCCNCc2cccc([N+](=O)[O-])c2)CC1. The van der Waals surface area contributed by atoms with Crippen molar-refractivity contribution in [1.82, 2.24) is 15.1 Å². The number of rotatable bonds is 7. The maximum absolute atomic E-state index is 10.7.